The summed E-state index contributed by atoms with van der Waals surface area (Å²) in [6.07, 6.45) is 0.291. The molecule has 0 saturated carbocycles. The Morgan fingerprint density at radius 2 is 1.64 bits per heavy atom. The summed E-state index contributed by atoms with van der Waals surface area (Å²) < 4.78 is 11.7. The van der Waals surface area contributed by atoms with E-state index in [4.69, 9.17) is 9.47 Å². The number of hydrogen-bond donors (Lipinski definition) is 0. The molecule has 0 N–H and O–H groups in total. The molecule has 0 aromatic rings. The lowest BCUT2D eigenvalue weighted by Gasteiger charge is -2.45. The van der Waals surface area contributed by atoms with Crippen LogP contribution < -0.4 is 0 Å². The minimum atomic E-state index is -0.0181. The van der Waals surface area contributed by atoms with Crippen LogP contribution in [0, 0.1) is 17.3 Å². The van der Waals surface area contributed by atoms with E-state index in [0.717, 1.165) is 6.61 Å². The average Bonchev–Trinajstić information content (AvgIpc) is 2.02. The van der Waals surface area contributed by atoms with Crippen molar-refractivity contribution < 1.29 is 9.47 Å². The van der Waals surface area contributed by atoms with Gasteiger partial charge in [0.05, 0.1) is 12.7 Å². The van der Waals surface area contributed by atoms with E-state index in [9.17, 15) is 0 Å². The highest BCUT2D eigenvalue weighted by atomic mass is 16.7. The lowest BCUT2D eigenvalue weighted by atomic mass is 9.80. The molecule has 1 heterocycles. The van der Waals surface area contributed by atoms with Gasteiger partial charge in [0.1, 0.15) is 0 Å². The highest BCUT2D eigenvalue weighted by Gasteiger charge is 2.40. The molecule has 0 unspecified atom stereocenters. The molecule has 0 amide bonds. The van der Waals surface area contributed by atoms with E-state index in [1.807, 2.05) is 0 Å². The third-order valence-corrected chi connectivity index (χ3v) is 2.82. The van der Waals surface area contributed by atoms with Gasteiger partial charge in [-0.15, -0.1) is 0 Å². The fourth-order valence-electron chi connectivity index (χ4n) is 2.16. The largest absolute Gasteiger partial charge is 0.352 e. The molecule has 1 saturated heterocycles. The predicted octanol–water partition coefficient (Wildman–Crippen LogP) is 3.07. The number of rotatable bonds is 2. The molecule has 1 rings (SSSR count). The minimum absolute atomic E-state index is 0.0181. The standard InChI is InChI=1S/C12H24O2/c1-8(2)10-12(5,6)7-13-11(14-10)9(3)4/h8-11H,7H2,1-6H3/t10-,11-/m1/s1. The van der Waals surface area contributed by atoms with Gasteiger partial charge in [-0.3, -0.25) is 0 Å². The topological polar surface area (TPSA) is 18.5 Å². The zero-order chi connectivity index (χ0) is 10.9. The monoisotopic (exact) mass is 200 g/mol. The van der Waals surface area contributed by atoms with E-state index >= 15 is 0 Å². The van der Waals surface area contributed by atoms with Gasteiger partial charge in [0.25, 0.3) is 0 Å². The minimum Gasteiger partial charge on any atom is -0.352 e. The van der Waals surface area contributed by atoms with Gasteiger partial charge in [0.2, 0.25) is 0 Å². The van der Waals surface area contributed by atoms with Crippen LogP contribution in [0.1, 0.15) is 41.5 Å². The molecule has 0 aromatic heterocycles. The number of ether oxygens (including phenoxy) is 2. The molecular weight excluding hydrogens is 176 g/mol. The van der Waals surface area contributed by atoms with Gasteiger partial charge in [-0.1, -0.05) is 41.5 Å². The van der Waals surface area contributed by atoms with Gasteiger partial charge < -0.3 is 9.47 Å². The Hall–Kier alpha value is -0.0800. The highest BCUT2D eigenvalue weighted by Crippen LogP contribution is 2.36. The van der Waals surface area contributed by atoms with Crippen molar-refractivity contribution in [2.45, 2.75) is 53.9 Å². The average molecular weight is 200 g/mol. The maximum absolute atomic E-state index is 6.00. The van der Waals surface area contributed by atoms with E-state index in [1.54, 1.807) is 0 Å². The first-order valence-electron chi connectivity index (χ1n) is 5.61. The van der Waals surface area contributed by atoms with E-state index in [2.05, 4.69) is 41.5 Å². The zero-order valence-electron chi connectivity index (χ0n) is 10.3. The maximum Gasteiger partial charge on any atom is 0.160 e. The Bertz CT molecular complexity index is 185. The van der Waals surface area contributed by atoms with E-state index in [0.29, 0.717) is 17.9 Å². The molecule has 1 aliphatic heterocycles. The second-order valence-electron chi connectivity index (χ2n) is 5.71. The molecule has 0 bridgehead atoms. The van der Waals surface area contributed by atoms with Crippen LogP contribution in [0.4, 0.5) is 0 Å². The fraction of sp³-hybridized carbons (Fsp3) is 1.00. The second-order valence-corrected chi connectivity index (χ2v) is 5.71. The summed E-state index contributed by atoms with van der Waals surface area (Å²) in [5.74, 6) is 0.988. The van der Waals surface area contributed by atoms with Crippen LogP contribution in [0.2, 0.25) is 0 Å². The molecule has 1 fully saturated rings. The Morgan fingerprint density at radius 1 is 1.07 bits per heavy atom. The molecule has 0 radical (unpaired) electrons. The molecule has 0 aromatic carbocycles. The summed E-state index contributed by atoms with van der Waals surface area (Å²) >= 11 is 0. The summed E-state index contributed by atoms with van der Waals surface area (Å²) in [4.78, 5) is 0. The molecule has 1 aliphatic rings. The van der Waals surface area contributed by atoms with Gasteiger partial charge >= 0.3 is 0 Å². The van der Waals surface area contributed by atoms with Crippen LogP contribution in [0.3, 0.4) is 0 Å². The molecule has 84 valence electrons. The fourth-order valence-corrected chi connectivity index (χ4v) is 2.16. The van der Waals surface area contributed by atoms with Crippen molar-refractivity contribution in [3.63, 3.8) is 0 Å². The van der Waals surface area contributed by atoms with Gasteiger partial charge in [0.15, 0.2) is 6.29 Å². The normalized spacial score (nSPS) is 32.6. The van der Waals surface area contributed by atoms with Crippen molar-refractivity contribution in [2.24, 2.45) is 17.3 Å². The number of hydrogen-bond acceptors (Lipinski definition) is 2. The lowest BCUT2D eigenvalue weighted by molar-refractivity contribution is -0.283. The summed E-state index contributed by atoms with van der Waals surface area (Å²) in [6.45, 7) is 14.0. The van der Waals surface area contributed by atoms with Gasteiger partial charge in [-0.05, 0) is 5.92 Å². The lowest BCUT2D eigenvalue weighted by Crippen LogP contribution is -2.49. The highest BCUT2D eigenvalue weighted by molar-refractivity contribution is 4.85. The van der Waals surface area contributed by atoms with Crippen molar-refractivity contribution in [1.82, 2.24) is 0 Å². The third kappa shape index (κ3) is 2.48. The molecule has 2 nitrogen and oxygen atoms in total. The van der Waals surface area contributed by atoms with Crippen LogP contribution in [-0.2, 0) is 9.47 Å². The van der Waals surface area contributed by atoms with Crippen molar-refractivity contribution in [3.05, 3.63) is 0 Å². The van der Waals surface area contributed by atoms with Gasteiger partial charge in [-0.2, -0.15) is 0 Å². The van der Waals surface area contributed by atoms with Gasteiger partial charge in [-0.25, -0.2) is 0 Å². The summed E-state index contributed by atoms with van der Waals surface area (Å²) in [7, 11) is 0. The van der Waals surface area contributed by atoms with E-state index < -0.39 is 0 Å². The smallest absolute Gasteiger partial charge is 0.160 e. The first-order chi connectivity index (χ1) is 6.34. The van der Waals surface area contributed by atoms with E-state index in [-0.39, 0.29) is 11.7 Å². The molecular formula is C12H24O2. The molecule has 2 atom stereocenters. The Labute approximate surface area is 88.0 Å². The van der Waals surface area contributed by atoms with Crippen LogP contribution in [0.25, 0.3) is 0 Å². The van der Waals surface area contributed by atoms with Gasteiger partial charge in [0, 0.05) is 11.3 Å². The predicted molar refractivity (Wildman–Crippen MR) is 58.1 cm³/mol. The van der Waals surface area contributed by atoms with Crippen molar-refractivity contribution in [1.29, 1.82) is 0 Å². The second kappa shape index (κ2) is 4.19. The molecule has 2 heteroatoms. The molecule has 0 spiro atoms. The Morgan fingerprint density at radius 3 is 2.07 bits per heavy atom. The van der Waals surface area contributed by atoms with Crippen molar-refractivity contribution in [3.8, 4) is 0 Å². The Kier molecular flexibility index (Phi) is 3.59. The summed E-state index contributed by atoms with van der Waals surface area (Å²) in [5, 5.41) is 0. The molecule has 14 heavy (non-hydrogen) atoms. The Balaban J connectivity index is 2.68. The SMILES string of the molecule is CC(C)[C@@H]1OCC(C)(C)[C@@H](C(C)C)O1. The summed E-state index contributed by atoms with van der Waals surface area (Å²) in [6, 6.07) is 0. The van der Waals surface area contributed by atoms with Crippen molar-refractivity contribution >= 4 is 0 Å². The maximum atomic E-state index is 6.00. The quantitative estimate of drug-likeness (QED) is 0.682. The first-order valence-corrected chi connectivity index (χ1v) is 5.61. The van der Waals surface area contributed by atoms with Crippen LogP contribution >= 0.6 is 0 Å². The third-order valence-electron chi connectivity index (χ3n) is 2.82. The first kappa shape index (κ1) is 12.0. The van der Waals surface area contributed by atoms with Crippen LogP contribution in [-0.4, -0.2) is 19.0 Å². The zero-order valence-corrected chi connectivity index (χ0v) is 10.3. The van der Waals surface area contributed by atoms with E-state index in [1.165, 1.54) is 0 Å². The summed E-state index contributed by atoms with van der Waals surface area (Å²) in [5.41, 5.74) is 0.138. The van der Waals surface area contributed by atoms with Crippen molar-refractivity contribution in [2.75, 3.05) is 6.61 Å². The molecule has 0 aliphatic carbocycles. The van der Waals surface area contributed by atoms with Crippen LogP contribution in [0.5, 0.6) is 0 Å². The van der Waals surface area contributed by atoms with Crippen LogP contribution in [0.15, 0.2) is 0 Å².